The SMILES string of the molecule is COc1ccc(CCN2C(=O)C(=O)/C(=C(\O)c3ccc4c(c3)CCCO4)C2c2cccc(OC)c2)cc1. The number of Topliss-reactive ketones (excluding diaryl/α,β-unsaturated/α-hetero) is 1. The summed E-state index contributed by atoms with van der Waals surface area (Å²) >= 11 is 0. The molecular formula is C30H29NO6. The van der Waals surface area contributed by atoms with Crippen LogP contribution < -0.4 is 14.2 Å². The molecule has 7 nitrogen and oxygen atoms in total. The summed E-state index contributed by atoms with van der Waals surface area (Å²) in [7, 11) is 3.17. The molecule has 1 unspecified atom stereocenters. The van der Waals surface area contributed by atoms with Crippen LogP contribution in [0.15, 0.2) is 72.3 Å². The van der Waals surface area contributed by atoms with Crippen molar-refractivity contribution in [1.82, 2.24) is 4.90 Å². The van der Waals surface area contributed by atoms with Gasteiger partial charge in [-0.3, -0.25) is 9.59 Å². The van der Waals surface area contributed by atoms with Gasteiger partial charge in [0.1, 0.15) is 23.0 Å². The molecule has 1 N–H and O–H groups in total. The van der Waals surface area contributed by atoms with Gasteiger partial charge in [-0.05, 0) is 78.4 Å². The second kappa shape index (κ2) is 10.4. The van der Waals surface area contributed by atoms with E-state index in [0.717, 1.165) is 35.5 Å². The summed E-state index contributed by atoms with van der Waals surface area (Å²) < 4.78 is 16.3. The molecule has 0 radical (unpaired) electrons. The van der Waals surface area contributed by atoms with Crippen molar-refractivity contribution in [2.45, 2.75) is 25.3 Å². The first-order chi connectivity index (χ1) is 18.0. The van der Waals surface area contributed by atoms with Gasteiger partial charge in [0.2, 0.25) is 0 Å². The highest BCUT2D eigenvalue weighted by Crippen LogP contribution is 2.41. The van der Waals surface area contributed by atoms with Crippen LogP contribution in [-0.2, 0) is 22.4 Å². The van der Waals surface area contributed by atoms with E-state index in [-0.39, 0.29) is 11.3 Å². The van der Waals surface area contributed by atoms with Gasteiger partial charge in [-0.25, -0.2) is 0 Å². The zero-order valence-corrected chi connectivity index (χ0v) is 20.9. The summed E-state index contributed by atoms with van der Waals surface area (Å²) in [6.45, 7) is 0.959. The van der Waals surface area contributed by atoms with E-state index in [0.29, 0.717) is 36.4 Å². The predicted molar refractivity (Wildman–Crippen MR) is 139 cm³/mol. The molecule has 0 aliphatic carbocycles. The van der Waals surface area contributed by atoms with Crippen molar-refractivity contribution in [2.24, 2.45) is 0 Å². The number of nitrogens with zero attached hydrogens (tertiary/aromatic N) is 1. The smallest absolute Gasteiger partial charge is 0.295 e. The maximum atomic E-state index is 13.4. The highest BCUT2D eigenvalue weighted by atomic mass is 16.5. The number of carbonyl (C=O) groups excluding carboxylic acids is 2. The number of carbonyl (C=O) groups is 2. The lowest BCUT2D eigenvalue weighted by atomic mass is 9.93. The van der Waals surface area contributed by atoms with E-state index in [4.69, 9.17) is 14.2 Å². The van der Waals surface area contributed by atoms with Crippen LogP contribution in [0.4, 0.5) is 0 Å². The van der Waals surface area contributed by atoms with Gasteiger partial charge in [0.15, 0.2) is 0 Å². The Bertz CT molecular complexity index is 1360. The summed E-state index contributed by atoms with van der Waals surface area (Å²) in [5.41, 5.74) is 3.23. The first kappa shape index (κ1) is 24.4. The molecule has 2 aliphatic heterocycles. The summed E-state index contributed by atoms with van der Waals surface area (Å²) in [4.78, 5) is 28.2. The standard InChI is InChI=1S/C30H29NO6/c1-35-23-11-8-19(9-12-23)14-15-31-27(21-5-3-7-24(18-21)36-2)26(29(33)30(31)34)28(32)22-10-13-25-20(17-22)6-4-16-37-25/h3,5,7-13,17-18,27,32H,4,6,14-16H2,1-2H3/b28-26-. The monoisotopic (exact) mass is 499 g/mol. The van der Waals surface area contributed by atoms with E-state index in [1.54, 1.807) is 32.4 Å². The lowest BCUT2D eigenvalue weighted by Crippen LogP contribution is -2.31. The number of hydrogen-bond acceptors (Lipinski definition) is 6. The molecule has 0 saturated carbocycles. The van der Waals surface area contributed by atoms with Crippen molar-refractivity contribution >= 4 is 17.4 Å². The van der Waals surface area contributed by atoms with Crippen LogP contribution in [0, 0.1) is 0 Å². The Labute approximate surface area is 215 Å². The molecule has 2 heterocycles. The number of amides is 1. The van der Waals surface area contributed by atoms with Gasteiger partial charge < -0.3 is 24.2 Å². The largest absolute Gasteiger partial charge is 0.507 e. The van der Waals surface area contributed by atoms with Crippen molar-refractivity contribution < 1.29 is 28.9 Å². The fraction of sp³-hybridized carbons (Fsp3) is 0.267. The Morgan fingerprint density at radius 2 is 1.78 bits per heavy atom. The molecule has 37 heavy (non-hydrogen) atoms. The molecule has 0 bridgehead atoms. The Morgan fingerprint density at radius 3 is 2.54 bits per heavy atom. The average molecular weight is 500 g/mol. The van der Waals surface area contributed by atoms with Gasteiger partial charge in [-0.1, -0.05) is 24.3 Å². The van der Waals surface area contributed by atoms with Crippen LogP contribution in [0.3, 0.4) is 0 Å². The Morgan fingerprint density at radius 1 is 1.00 bits per heavy atom. The first-order valence-electron chi connectivity index (χ1n) is 12.3. The first-order valence-corrected chi connectivity index (χ1v) is 12.3. The molecule has 0 spiro atoms. The van der Waals surface area contributed by atoms with E-state index in [1.165, 1.54) is 4.90 Å². The molecule has 7 heteroatoms. The third kappa shape index (κ3) is 4.77. The molecular weight excluding hydrogens is 470 g/mol. The second-order valence-electron chi connectivity index (χ2n) is 9.14. The van der Waals surface area contributed by atoms with Crippen LogP contribution in [-0.4, -0.2) is 49.1 Å². The third-order valence-corrected chi connectivity index (χ3v) is 6.93. The van der Waals surface area contributed by atoms with Gasteiger partial charge in [0.25, 0.3) is 11.7 Å². The van der Waals surface area contributed by atoms with Gasteiger partial charge in [-0.15, -0.1) is 0 Å². The van der Waals surface area contributed by atoms with Crippen LogP contribution in [0.25, 0.3) is 5.76 Å². The minimum Gasteiger partial charge on any atom is -0.507 e. The van der Waals surface area contributed by atoms with E-state index in [1.807, 2.05) is 48.5 Å². The number of ether oxygens (including phenoxy) is 3. The number of benzene rings is 3. The van der Waals surface area contributed by atoms with E-state index in [2.05, 4.69) is 0 Å². The number of hydrogen-bond donors (Lipinski definition) is 1. The topological polar surface area (TPSA) is 85.3 Å². The number of aliphatic hydroxyl groups is 1. The maximum Gasteiger partial charge on any atom is 0.295 e. The Hall–Kier alpha value is -4.26. The molecule has 1 saturated heterocycles. The number of ketones is 1. The summed E-state index contributed by atoms with van der Waals surface area (Å²) in [6.07, 6.45) is 2.25. The van der Waals surface area contributed by atoms with Gasteiger partial charge in [-0.2, -0.15) is 0 Å². The van der Waals surface area contributed by atoms with Crippen LogP contribution in [0.5, 0.6) is 17.2 Å². The summed E-state index contributed by atoms with van der Waals surface area (Å²) in [5.74, 6) is 0.608. The Balaban J connectivity index is 1.55. The van der Waals surface area contributed by atoms with Crippen molar-refractivity contribution in [3.63, 3.8) is 0 Å². The van der Waals surface area contributed by atoms with Crippen molar-refractivity contribution in [1.29, 1.82) is 0 Å². The number of methoxy groups -OCH3 is 2. The second-order valence-corrected chi connectivity index (χ2v) is 9.14. The minimum atomic E-state index is -0.749. The minimum absolute atomic E-state index is 0.0738. The lowest BCUT2D eigenvalue weighted by molar-refractivity contribution is -0.139. The van der Waals surface area contributed by atoms with Gasteiger partial charge in [0.05, 0.1) is 32.4 Å². The zero-order valence-electron chi connectivity index (χ0n) is 20.9. The van der Waals surface area contributed by atoms with E-state index >= 15 is 0 Å². The number of aliphatic hydroxyl groups excluding tert-OH is 1. The highest BCUT2D eigenvalue weighted by Gasteiger charge is 2.46. The van der Waals surface area contributed by atoms with Crippen molar-refractivity contribution in [3.8, 4) is 17.2 Å². The number of rotatable bonds is 7. The van der Waals surface area contributed by atoms with Crippen LogP contribution >= 0.6 is 0 Å². The number of fused-ring (bicyclic) bond motifs is 1. The molecule has 1 amide bonds. The average Bonchev–Trinajstić information content (AvgIpc) is 3.20. The zero-order chi connectivity index (χ0) is 25.9. The Kier molecular flexibility index (Phi) is 6.86. The number of likely N-dealkylation sites (tertiary alicyclic amines) is 1. The van der Waals surface area contributed by atoms with Gasteiger partial charge >= 0.3 is 0 Å². The molecule has 3 aromatic rings. The van der Waals surface area contributed by atoms with Crippen molar-refractivity contribution in [3.05, 3.63) is 94.6 Å². The number of aryl methyl sites for hydroxylation is 1. The molecule has 1 fully saturated rings. The molecule has 5 rings (SSSR count). The van der Waals surface area contributed by atoms with Gasteiger partial charge in [0, 0.05) is 12.1 Å². The van der Waals surface area contributed by atoms with Crippen molar-refractivity contribution in [2.75, 3.05) is 27.4 Å². The van der Waals surface area contributed by atoms with E-state index < -0.39 is 17.7 Å². The van der Waals surface area contributed by atoms with Crippen LogP contribution in [0.2, 0.25) is 0 Å². The quantitative estimate of drug-likeness (QED) is 0.288. The molecule has 190 valence electrons. The van der Waals surface area contributed by atoms with Crippen LogP contribution in [0.1, 0.15) is 34.7 Å². The molecule has 3 aromatic carbocycles. The molecule has 2 aliphatic rings. The molecule has 0 aromatic heterocycles. The lowest BCUT2D eigenvalue weighted by Gasteiger charge is -2.26. The summed E-state index contributed by atoms with van der Waals surface area (Å²) in [6, 6.07) is 19.5. The highest BCUT2D eigenvalue weighted by molar-refractivity contribution is 6.46. The summed E-state index contributed by atoms with van der Waals surface area (Å²) in [5, 5.41) is 11.4. The normalized spacial score (nSPS) is 18.3. The fourth-order valence-electron chi connectivity index (χ4n) is 4.97. The molecule has 1 atom stereocenters. The predicted octanol–water partition coefficient (Wildman–Crippen LogP) is 4.69. The van der Waals surface area contributed by atoms with E-state index in [9.17, 15) is 14.7 Å². The maximum absolute atomic E-state index is 13.4. The third-order valence-electron chi connectivity index (χ3n) is 6.93. The fourth-order valence-corrected chi connectivity index (χ4v) is 4.97.